The Labute approximate surface area is 143 Å². The van der Waals surface area contributed by atoms with Gasteiger partial charge in [0.15, 0.2) is 0 Å². The standard InChI is InChI=1S/C19H26N2O3/c1-2-3-10-17(14-6-4-7-14)20-18(22)15-8-5-9-16(13-15)21-11-12-24-19(21)23/h5,8-9,13-14,17H,2-4,6-7,10-12H2,1H3,(H,20,22)/t17-/m0/s1. The summed E-state index contributed by atoms with van der Waals surface area (Å²) in [5.74, 6) is 0.578. The molecule has 5 heteroatoms. The largest absolute Gasteiger partial charge is 0.447 e. The molecule has 2 fully saturated rings. The van der Waals surface area contributed by atoms with Gasteiger partial charge in [-0.15, -0.1) is 0 Å². The minimum atomic E-state index is -0.345. The van der Waals surface area contributed by atoms with E-state index in [1.165, 1.54) is 19.3 Å². The quantitative estimate of drug-likeness (QED) is 0.828. The molecule has 0 bridgehead atoms. The zero-order chi connectivity index (χ0) is 16.9. The summed E-state index contributed by atoms with van der Waals surface area (Å²) >= 11 is 0. The van der Waals surface area contributed by atoms with E-state index in [2.05, 4.69) is 12.2 Å². The Kier molecular flexibility index (Phi) is 5.38. The SMILES string of the molecule is CCCC[C@H](NC(=O)c1cccc(N2CCOC2=O)c1)C1CCC1. The van der Waals surface area contributed by atoms with Gasteiger partial charge in [-0.1, -0.05) is 32.3 Å². The van der Waals surface area contributed by atoms with Gasteiger partial charge >= 0.3 is 6.09 Å². The Morgan fingerprint density at radius 2 is 2.25 bits per heavy atom. The molecule has 3 rings (SSSR count). The molecule has 2 amide bonds. The van der Waals surface area contributed by atoms with Crippen molar-refractivity contribution >= 4 is 17.7 Å². The van der Waals surface area contributed by atoms with Crippen LogP contribution in [0.5, 0.6) is 0 Å². The number of carbonyl (C=O) groups excluding carboxylic acids is 2. The molecule has 1 saturated heterocycles. The summed E-state index contributed by atoms with van der Waals surface area (Å²) in [6, 6.07) is 7.51. The fourth-order valence-electron chi connectivity index (χ4n) is 3.39. The lowest BCUT2D eigenvalue weighted by Crippen LogP contribution is -2.42. The van der Waals surface area contributed by atoms with Crippen LogP contribution in [0.1, 0.15) is 55.8 Å². The highest BCUT2D eigenvalue weighted by Gasteiger charge is 2.29. The van der Waals surface area contributed by atoms with Crippen molar-refractivity contribution in [2.75, 3.05) is 18.1 Å². The van der Waals surface area contributed by atoms with Crippen molar-refractivity contribution in [1.82, 2.24) is 5.32 Å². The van der Waals surface area contributed by atoms with Crippen LogP contribution < -0.4 is 10.2 Å². The molecule has 1 atom stereocenters. The highest BCUT2D eigenvalue weighted by atomic mass is 16.6. The van der Waals surface area contributed by atoms with E-state index < -0.39 is 0 Å². The van der Waals surface area contributed by atoms with Crippen LogP contribution in [-0.2, 0) is 4.74 Å². The Balaban J connectivity index is 1.68. The Bertz CT molecular complexity index is 598. The van der Waals surface area contributed by atoms with Crippen LogP contribution >= 0.6 is 0 Å². The zero-order valence-electron chi connectivity index (χ0n) is 14.3. The summed E-state index contributed by atoms with van der Waals surface area (Å²) in [4.78, 5) is 25.9. The van der Waals surface area contributed by atoms with Gasteiger partial charge in [0.1, 0.15) is 6.61 Å². The van der Waals surface area contributed by atoms with Crippen LogP contribution in [0.25, 0.3) is 0 Å². The van der Waals surface area contributed by atoms with Crippen molar-refractivity contribution < 1.29 is 14.3 Å². The number of amides is 2. The minimum Gasteiger partial charge on any atom is -0.447 e. The topological polar surface area (TPSA) is 58.6 Å². The number of ether oxygens (including phenoxy) is 1. The fraction of sp³-hybridized carbons (Fsp3) is 0.579. The van der Waals surface area contributed by atoms with Crippen molar-refractivity contribution in [3.63, 3.8) is 0 Å². The molecule has 5 nitrogen and oxygen atoms in total. The normalized spacial score (nSPS) is 18.9. The predicted molar refractivity (Wildman–Crippen MR) is 93.3 cm³/mol. The van der Waals surface area contributed by atoms with Crippen molar-refractivity contribution in [3.05, 3.63) is 29.8 Å². The molecule has 1 aliphatic heterocycles. The Hall–Kier alpha value is -2.04. The molecule has 1 aromatic carbocycles. The third kappa shape index (κ3) is 3.71. The molecule has 1 aliphatic carbocycles. The van der Waals surface area contributed by atoms with Crippen molar-refractivity contribution in [3.8, 4) is 0 Å². The molecule has 1 heterocycles. The molecule has 130 valence electrons. The van der Waals surface area contributed by atoms with Gasteiger partial charge in [0.25, 0.3) is 5.91 Å². The summed E-state index contributed by atoms with van der Waals surface area (Å²) in [5.41, 5.74) is 1.33. The van der Waals surface area contributed by atoms with Crippen molar-refractivity contribution in [2.24, 2.45) is 5.92 Å². The number of rotatable bonds is 7. The van der Waals surface area contributed by atoms with E-state index in [4.69, 9.17) is 4.74 Å². The molecule has 0 aromatic heterocycles. The van der Waals surface area contributed by atoms with Gasteiger partial charge in [-0.2, -0.15) is 0 Å². The molecule has 0 unspecified atom stereocenters. The lowest BCUT2D eigenvalue weighted by molar-refractivity contribution is 0.0895. The number of unbranched alkanes of at least 4 members (excludes halogenated alkanes) is 1. The summed E-state index contributed by atoms with van der Waals surface area (Å²) in [5, 5.41) is 3.23. The molecule has 1 aromatic rings. The number of anilines is 1. The van der Waals surface area contributed by atoms with E-state index in [1.807, 2.05) is 12.1 Å². The van der Waals surface area contributed by atoms with Crippen LogP contribution in [-0.4, -0.2) is 31.2 Å². The van der Waals surface area contributed by atoms with Gasteiger partial charge in [0.2, 0.25) is 0 Å². The number of hydrogen-bond acceptors (Lipinski definition) is 3. The first kappa shape index (κ1) is 16.8. The second kappa shape index (κ2) is 7.69. The molecule has 1 saturated carbocycles. The molecule has 0 spiro atoms. The highest BCUT2D eigenvalue weighted by molar-refractivity contribution is 5.97. The summed E-state index contributed by atoms with van der Waals surface area (Å²) < 4.78 is 4.97. The molecule has 0 radical (unpaired) electrons. The first-order valence-corrected chi connectivity index (χ1v) is 9.04. The number of hydrogen-bond donors (Lipinski definition) is 1. The summed E-state index contributed by atoms with van der Waals surface area (Å²) in [6.07, 6.45) is 6.69. The highest BCUT2D eigenvalue weighted by Crippen LogP contribution is 2.32. The summed E-state index contributed by atoms with van der Waals surface area (Å²) in [7, 11) is 0. The van der Waals surface area contributed by atoms with Gasteiger partial charge in [-0.3, -0.25) is 9.69 Å². The van der Waals surface area contributed by atoms with E-state index in [0.717, 1.165) is 24.9 Å². The number of nitrogens with one attached hydrogen (secondary N) is 1. The van der Waals surface area contributed by atoms with E-state index in [9.17, 15) is 9.59 Å². The monoisotopic (exact) mass is 330 g/mol. The van der Waals surface area contributed by atoms with E-state index >= 15 is 0 Å². The molecular weight excluding hydrogens is 304 g/mol. The van der Waals surface area contributed by atoms with Crippen LogP contribution in [0.2, 0.25) is 0 Å². The number of nitrogens with zero attached hydrogens (tertiary/aromatic N) is 1. The third-order valence-corrected chi connectivity index (χ3v) is 5.08. The number of cyclic esters (lactones) is 1. The Morgan fingerprint density at radius 1 is 1.42 bits per heavy atom. The lowest BCUT2D eigenvalue weighted by Gasteiger charge is -2.34. The Morgan fingerprint density at radius 3 is 2.88 bits per heavy atom. The summed E-state index contributed by atoms with van der Waals surface area (Å²) in [6.45, 7) is 3.11. The zero-order valence-corrected chi connectivity index (χ0v) is 14.3. The first-order valence-electron chi connectivity index (χ1n) is 9.04. The van der Waals surface area contributed by atoms with Crippen LogP contribution in [0.3, 0.4) is 0 Å². The molecule has 1 N–H and O–H groups in total. The molecular formula is C19H26N2O3. The minimum absolute atomic E-state index is 0.0441. The maximum atomic E-state index is 12.7. The van der Waals surface area contributed by atoms with Gasteiger partial charge in [-0.25, -0.2) is 4.79 Å². The number of benzene rings is 1. The fourth-order valence-corrected chi connectivity index (χ4v) is 3.39. The van der Waals surface area contributed by atoms with Gasteiger partial charge in [0, 0.05) is 17.3 Å². The molecule has 2 aliphatic rings. The van der Waals surface area contributed by atoms with Crippen LogP contribution in [0.15, 0.2) is 24.3 Å². The smallest absolute Gasteiger partial charge is 0.414 e. The third-order valence-electron chi connectivity index (χ3n) is 5.08. The first-order chi connectivity index (χ1) is 11.7. The van der Waals surface area contributed by atoms with Gasteiger partial charge in [0.05, 0.1) is 6.54 Å². The van der Waals surface area contributed by atoms with Gasteiger partial charge in [-0.05, 0) is 43.4 Å². The second-order valence-electron chi connectivity index (χ2n) is 6.73. The van der Waals surface area contributed by atoms with Gasteiger partial charge < -0.3 is 10.1 Å². The van der Waals surface area contributed by atoms with E-state index in [-0.39, 0.29) is 18.0 Å². The van der Waals surface area contributed by atoms with Crippen LogP contribution in [0, 0.1) is 5.92 Å². The van der Waals surface area contributed by atoms with Crippen LogP contribution in [0.4, 0.5) is 10.5 Å². The predicted octanol–water partition coefficient (Wildman–Crippen LogP) is 3.73. The maximum Gasteiger partial charge on any atom is 0.414 e. The second-order valence-corrected chi connectivity index (χ2v) is 6.73. The average Bonchev–Trinajstić information content (AvgIpc) is 2.97. The van der Waals surface area contributed by atoms with E-state index in [0.29, 0.717) is 24.6 Å². The maximum absolute atomic E-state index is 12.7. The number of carbonyl (C=O) groups is 2. The average molecular weight is 330 g/mol. The van der Waals surface area contributed by atoms with Crippen molar-refractivity contribution in [1.29, 1.82) is 0 Å². The van der Waals surface area contributed by atoms with Crippen molar-refractivity contribution in [2.45, 2.75) is 51.5 Å². The van der Waals surface area contributed by atoms with E-state index in [1.54, 1.807) is 17.0 Å². The molecule has 24 heavy (non-hydrogen) atoms. The lowest BCUT2D eigenvalue weighted by atomic mass is 9.78.